The molecule has 7 nitrogen and oxygen atoms in total. The lowest BCUT2D eigenvalue weighted by Gasteiger charge is -2.12. The van der Waals surface area contributed by atoms with Crippen molar-refractivity contribution >= 4 is 15.7 Å². The second-order valence-electron chi connectivity index (χ2n) is 4.04. The Morgan fingerprint density at radius 2 is 2.25 bits per heavy atom. The topological polar surface area (TPSA) is 104 Å². The second-order valence-corrected chi connectivity index (χ2v) is 5.69. The molecule has 0 aliphatic heterocycles. The summed E-state index contributed by atoms with van der Waals surface area (Å²) in [6.07, 6.45) is 3.03. The third-order valence-corrected chi connectivity index (χ3v) is 4.17. The van der Waals surface area contributed by atoms with Crippen molar-refractivity contribution < 1.29 is 18.3 Å². The summed E-state index contributed by atoms with van der Waals surface area (Å²) in [5.74, 6) is 0.538. The van der Waals surface area contributed by atoms with E-state index in [1.165, 1.54) is 25.6 Å². The van der Waals surface area contributed by atoms with Gasteiger partial charge in [0.05, 0.1) is 23.9 Å². The van der Waals surface area contributed by atoms with Crippen LogP contribution < -0.4 is 9.46 Å². The van der Waals surface area contributed by atoms with Crippen LogP contribution in [0.1, 0.15) is 5.56 Å². The average Bonchev–Trinajstić information content (AvgIpc) is 2.91. The number of hydrogen-bond donors (Lipinski definition) is 3. The highest BCUT2D eigenvalue weighted by molar-refractivity contribution is 7.92. The number of anilines is 1. The zero-order valence-corrected chi connectivity index (χ0v) is 11.6. The molecular weight excluding hydrogens is 282 g/mol. The first-order valence-electron chi connectivity index (χ1n) is 5.86. The Morgan fingerprint density at radius 1 is 1.45 bits per heavy atom. The van der Waals surface area contributed by atoms with Gasteiger partial charge in [-0.2, -0.15) is 5.10 Å². The molecule has 0 aliphatic rings. The molecule has 20 heavy (non-hydrogen) atoms. The standard InChI is InChI=1S/C12H15N3O4S/c1-19-11-2-3-12(9(6-11)4-5-16)20(17,18)15-10-7-13-14-8-10/h2-3,6-8,15-16H,4-5H2,1H3,(H,13,14). The maximum absolute atomic E-state index is 12.3. The number of nitrogens with one attached hydrogen (secondary N) is 2. The molecule has 0 atom stereocenters. The van der Waals surface area contributed by atoms with Gasteiger partial charge in [0, 0.05) is 12.8 Å². The molecule has 0 fully saturated rings. The van der Waals surface area contributed by atoms with E-state index in [0.29, 0.717) is 17.0 Å². The highest BCUT2D eigenvalue weighted by Crippen LogP contribution is 2.24. The Bertz CT molecular complexity index is 668. The van der Waals surface area contributed by atoms with Crippen molar-refractivity contribution in [1.29, 1.82) is 0 Å². The van der Waals surface area contributed by atoms with Crippen molar-refractivity contribution in [3.8, 4) is 5.75 Å². The van der Waals surface area contributed by atoms with Gasteiger partial charge in [-0.1, -0.05) is 0 Å². The molecule has 3 N–H and O–H groups in total. The van der Waals surface area contributed by atoms with Gasteiger partial charge in [-0.3, -0.25) is 9.82 Å². The van der Waals surface area contributed by atoms with Crippen LogP contribution in [0.5, 0.6) is 5.75 Å². The van der Waals surface area contributed by atoms with Crippen LogP contribution in [0, 0.1) is 0 Å². The SMILES string of the molecule is COc1ccc(S(=O)(=O)Nc2cn[nH]c2)c(CCO)c1. The molecule has 0 amide bonds. The summed E-state index contributed by atoms with van der Waals surface area (Å²) in [6, 6.07) is 4.61. The number of aromatic nitrogens is 2. The van der Waals surface area contributed by atoms with Gasteiger partial charge in [-0.25, -0.2) is 8.42 Å². The molecule has 1 heterocycles. The van der Waals surface area contributed by atoms with Crippen LogP contribution in [0.4, 0.5) is 5.69 Å². The molecule has 0 unspecified atom stereocenters. The van der Waals surface area contributed by atoms with Crippen LogP contribution in [-0.4, -0.2) is 37.4 Å². The number of sulfonamides is 1. The van der Waals surface area contributed by atoms with E-state index in [-0.39, 0.29) is 17.9 Å². The molecular formula is C12H15N3O4S. The Balaban J connectivity index is 2.39. The van der Waals surface area contributed by atoms with Gasteiger partial charge < -0.3 is 9.84 Å². The van der Waals surface area contributed by atoms with Crippen LogP contribution in [0.15, 0.2) is 35.5 Å². The molecule has 0 radical (unpaired) electrons. The van der Waals surface area contributed by atoms with Crippen molar-refractivity contribution in [2.24, 2.45) is 0 Å². The summed E-state index contributed by atoms with van der Waals surface area (Å²) in [6.45, 7) is -0.151. The summed E-state index contributed by atoms with van der Waals surface area (Å²) >= 11 is 0. The van der Waals surface area contributed by atoms with Crippen LogP contribution >= 0.6 is 0 Å². The van der Waals surface area contributed by atoms with Crippen molar-refractivity contribution in [2.45, 2.75) is 11.3 Å². The summed E-state index contributed by atoms with van der Waals surface area (Å²) in [7, 11) is -2.24. The first kappa shape index (κ1) is 14.4. The number of aliphatic hydroxyl groups excluding tert-OH is 1. The average molecular weight is 297 g/mol. The fourth-order valence-corrected chi connectivity index (χ4v) is 3.06. The van der Waals surface area contributed by atoms with Gasteiger partial charge in [0.25, 0.3) is 10.0 Å². The number of aliphatic hydroxyl groups is 1. The number of H-pyrrole nitrogens is 1. The lowest BCUT2D eigenvalue weighted by atomic mass is 10.1. The van der Waals surface area contributed by atoms with Crippen LogP contribution in [0.2, 0.25) is 0 Å². The fraction of sp³-hybridized carbons (Fsp3) is 0.250. The molecule has 1 aromatic carbocycles. The predicted octanol–water partition coefficient (Wildman–Crippen LogP) is 0.754. The number of hydrogen-bond acceptors (Lipinski definition) is 5. The molecule has 0 bridgehead atoms. The molecule has 8 heteroatoms. The van der Waals surface area contributed by atoms with E-state index in [1.54, 1.807) is 12.1 Å². The largest absolute Gasteiger partial charge is 0.497 e. The predicted molar refractivity (Wildman–Crippen MR) is 73.2 cm³/mol. The van der Waals surface area contributed by atoms with Crippen molar-refractivity contribution in [2.75, 3.05) is 18.4 Å². The third kappa shape index (κ3) is 3.09. The number of aromatic amines is 1. The highest BCUT2D eigenvalue weighted by atomic mass is 32.2. The number of benzene rings is 1. The highest BCUT2D eigenvalue weighted by Gasteiger charge is 2.19. The van der Waals surface area contributed by atoms with Crippen molar-refractivity contribution in [3.05, 3.63) is 36.2 Å². The molecule has 2 rings (SSSR count). The summed E-state index contributed by atoms with van der Waals surface area (Å²) in [5.41, 5.74) is 0.832. The third-order valence-electron chi connectivity index (χ3n) is 2.69. The Labute approximate surface area is 116 Å². The lowest BCUT2D eigenvalue weighted by molar-refractivity contribution is 0.298. The van der Waals surface area contributed by atoms with Crippen molar-refractivity contribution in [1.82, 2.24) is 10.2 Å². The Hall–Kier alpha value is -2.06. The van der Waals surface area contributed by atoms with Crippen LogP contribution in [0.3, 0.4) is 0 Å². The number of rotatable bonds is 6. The van der Waals surface area contributed by atoms with Gasteiger partial charge in [0.1, 0.15) is 5.75 Å². The number of methoxy groups -OCH3 is 1. The van der Waals surface area contributed by atoms with Gasteiger partial charge in [-0.15, -0.1) is 0 Å². The molecule has 0 saturated heterocycles. The van der Waals surface area contributed by atoms with E-state index in [1.807, 2.05) is 0 Å². The van der Waals surface area contributed by atoms with E-state index in [2.05, 4.69) is 14.9 Å². The van der Waals surface area contributed by atoms with Gasteiger partial charge in [0.2, 0.25) is 0 Å². The first-order chi connectivity index (χ1) is 9.56. The Morgan fingerprint density at radius 3 is 2.85 bits per heavy atom. The first-order valence-corrected chi connectivity index (χ1v) is 7.34. The molecule has 2 aromatic rings. The van der Waals surface area contributed by atoms with Gasteiger partial charge >= 0.3 is 0 Å². The summed E-state index contributed by atoms with van der Waals surface area (Å²) < 4.78 is 32.1. The van der Waals surface area contributed by atoms with E-state index in [4.69, 9.17) is 9.84 Å². The minimum atomic E-state index is -3.74. The molecule has 0 aliphatic carbocycles. The fourth-order valence-electron chi connectivity index (χ4n) is 1.78. The molecule has 108 valence electrons. The normalized spacial score (nSPS) is 11.3. The van der Waals surface area contributed by atoms with E-state index >= 15 is 0 Å². The maximum atomic E-state index is 12.3. The molecule has 0 saturated carbocycles. The molecule has 1 aromatic heterocycles. The van der Waals surface area contributed by atoms with Crippen LogP contribution in [-0.2, 0) is 16.4 Å². The summed E-state index contributed by atoms with van der Waals surface area (Å²) in [5, 5.41) is 15.3. The second kappa shape index (κ2) is 5.93. The minimum Gasteiger partial charge on any atom is -0.497 e. The smallest absolute Gasteiger partial charge is 0.262 e. The van der Waals surface area contributed by atoms with E-state index < -0.39 is 10.0 Å². The zero-order chi connectivity index (χ0) is 14.6. The summed E-state index contributed by atoms with van der Waals surface area (Å²) in [4.78, 5) is 0.105. The van der Waals surface area contributed by atoms with Crippen LogP contribution in [0.25, 0.3) is 0 Å². The van der Waals surface area contributed by atoms with Gasteiger partial charge in [-0.05, 0) is 30.2 Å². The monoisotopic (exact) mass is 297 g/mol. The Kier molecular flexibility index (Phi) is 4.26. The minimum absolute atomic E-state index is 0.105. The van der Waals surface area contributed by atoms with E-state index in [9.17, 15) is 8.42 Å². The molecule has 0 spiro atoms. The number of ether oxygens (including phenoxy) is 1. The van der Waals surface area contributed by atoms with E-state index in [0.717, 1.165) is 0 Å². The van der Waals surface area contributed by atoms with Crippen molar-refractivity contribution in [3.63, 3.8) is 0 Å². The lowest BCUT2D eigenvalue weighted by Crippen LogP contribution is -2.15. The maximum Gasteiger partial charge on any atom is 0.262 e. The quantitative estimate of drug-likeness (QED) is 0.730. The number of nitrogens with zero attached hydrogens (tertiary/aromatic N) is 1. The van der Waals surface area contributed by atoms with Gasteiger partial charge in [0.15, 0.2) is 0 Å². The zero-order valence-electron chi connectivity index (χ0n) is 10.8.